The SMILES string of the molecule is C=CCONC1=C(Br)CCN=C1. The van der Waals surface area contributed by atoms with Gasteiger partial charge >= 0.3 is 0 Å². The lowest BCUT2D eigenvalue weighted by molar-refractivity contribution is 0.0906. The van der Waals surface area contributed by atoms with Crippen molar-refractivity contribution in [1.82, 2.24) is 5.48 Å². The van der Waals surface area contributed by atoms with Crippen LogP contribution >= 0.6 is 15.9 Å². The first-order chi connectivity index (χ1) is 5.84. The Hall–Kier alpha value is -0.610. The number of dihydropyridines is 1. The quantitative estimate of drug-likeness (QED) is 0.454. The first kappa shape index (κ1) is 9.48. The third-order valence-corrected chi connectivity index (χ3v) is 2.18. The molecule has 0 aromatic rings. The van der Waals surface area contributed by atoms with Crippen molar-refractivity contribution in [3.05, 3.63) is 22.8 Å². The number of hydrogen-bond donors (Lipinski definition) is 1. The first-order valence-electron chi connectivity index (χ1n) is 3.71. The van der Waals surface area contributed by atoms with E-state index in [4.69, 9.17) is 4.84 Å². The van der Waals surface area contributed by atoms with Gasteiger partial charge in [-0.2, -0.15) is 0 Å². The zero-order chi connectivity index (χ0) is 8.81. The molecule has 1 heterocycles. The van der Waals surface area contributed by atoms with E-state index in [0.717, 1.165) is 23.1 Å². The maximum atomic E-state index is 5.05. The van der Waals surface area contributed by atoms with Crippen molar-refractivity contribution in [1.29, 1.82) is 0 Å². The van der Waals surface area contributed by atoms with E-state index < -0.39 is 0 Å². The van der Waals surface area contributed by atoms with E-state index in [1.807, 2.05) is 0 Å². The van der Waals surface area contributed by atoms with Gasteiger partial charge in [0, 0.05) is 23.7 Å². The van der Waals surface area contributed by atoms with Crippen molar-refractivity contribution in [2.45, 2.75) is 6.42 Å². The molecule has 1 N–H and O–H groups in total. The Morgan fingerprint density at radius 3 is 3.33 bits per heavy atom. The molecule has 0 saturated carbocycles. The number of nitrogens with zero attached hydrogens (tertiary/aromatic N) is 1. The minimum Gasteiger partial charge on any atom is -0.291 e. The summed E-state index contributed by atoms with van der Waals surface area (Å²) in [5, 5.41) is 0. The van der Waals surface area contributed by atoms with Crippen LogP contribution in [0.3, 0.4) is 0 Å². The number of halogens is 1. The second-order valence-electron chi connectivity index (χ2n) is 2.31. The maximum absolute atomic E-state index is 5.05. The molecule has 1 aliphatic heterocycles. The summed E-state index contributed by atoms with van der Waals surface area (Å²) in [6, 6.07) is 0. The lowest BCUT2D eigenvalue weighted by atomic mass is 10.3. The van der Waals surface area contributed by atoms with Crippen LogP contribution < -0.4 is 5.48 Å². The van der Waals surface area contributed by atoms with E-state index in [1.165, 1.54) is 0 Å². The number of allylic oxidation sites excluding steroid dienone is 1. The lowest BCUT2D eigenvalue weighted by Gasteiger charge is -2.11. The van der Waals surface area contributed by atoms with Crippen LogP contribution in [0.25, 0.3) is 0 Å². The molecule has 0 fully saturated rings. The highest BCUT2D eigenvalue weighted by atomic mass is 79.9. The molecule has 0 radical (unpaired) electrons. The Balaban J connectivity index is 2.39. The van der Waals surface area contributed by atoms with Crippen molar-refractivity contribution in [2.75, 3.05) is 13.2 Å². The topological polar surface area (TPSA) is 33.6 Å². The zero-order valence-corrected chi connectivity index (χ0v) is 8.30. The monoisotopic (exact) mass is 230 g/mol. The Bertz CT molecular complexity index is 223. The van der Waals surface area contributed by atoms with Crippen LogP contribution in [0.5, 0.6) is 0 Å². The zero-order valence-electron chi connectivity index (χ0n) is 6.72. The highest BCUT2D eigenvalue weighted by molar-refractivity contribution is 9.11. The highest BCUT2D eigenvalue weighted by Gasteiger charge is 2.05. The van der Waals surface area contributed by atoms with E-state index >= 15 is 0 Å². The number of hydrogen-bond acceptors (Lipinski definition) is 3. The molecule has 0 spiro atoms. The van der Waals surface area contributed by atoms with Gasteiger partial charge in [-0.05, 0) is 0 Å². The van der Waals surface area contributed by atoms with Crippen LogP contribution in [0.1, 0.15) is 6.42 Å². The third kappa shape index (κ3) is 2.79. The smallest absolute Gasteiger partial charge is 0.0925 e. The van der Waals surface area contributed by atoms with Crippen LogP contribution in [-0.4, -0.2) is 19.4 Å². The fraction of sp³-hybridized carbons (Fsp3) is 0.375. The van der Waals surface area contributed by atoms with Crippen LogP contribution in [-0.2, 0) is 4.84 Å². The van der Waals surface area contributed by atoms with Gasteiger partial charge in [-0.15, -0.1) is 6.58 Å². The van der Waals surface area contributed by atoms with Gasteiger partial charge in [0.2, 0.25) is 0 Å². The molecule has 66 valence electrons. The van der Waals surface area contributed by atoms with E-state index in [9.17, 15) is 0 Å². The summed E-state index contributed by atoms with van der Waals surface area (Å²) < 4.78 is 1.10. The molecule has 12 heavy (non-hydrogen) atoms. The molecule has 4 heteroatoms. The molecular formula is C8H11BrN2O. The van der Waals surface area contributed by atoms with Crippen LogP contribution in [0.15, 0.2) is 27.8 Å². The second kappa shape index (κ2) is 5.11. The van der Waals surface area contributed by atoms with Gasteiger partial charge in [0.1, 0.15) is 0 Å². The van der Waals surface area contributed by atoms with Crippen molar-refractivity contribution < 1.29 is 4.84 Å². The molecule has 0 bridgehead atoms. The summed E-state index contributed by atoms with van der Waals surface area (Å²) in [7, 11) is 0. The summed E-state index contributed by atoms with van der Waals surface area (Å²) >= 11 is 3.43. The lowest BCUT2D eigenvalue weighted by Crippen LogP contribution is -2.18. The van der Waals surface area contributed by atoms with Gasteiger partial charge < -0.3 is 0 Å². The van der Waals surface area contributed by atoms with E-state index in [2.05, 4.69) is 33.0 Å². The average molecular weight is 231 g/mol. The fourth-order valence-electron chi connectivity index (χ4n) is 0.783. The van der Waals surface area contributed by atoms with Gasteiger partial charge in [0.15, 0.2) is 0 Å². The summed E-state index contributed by atoms with van der Waals surface area (Å²) in [5.74, 6) is 0. The van der Waals surface area contributed by atoms with Crippen molar-refractivity contribution in [3.8, 4) is 0 Å². The molecule has 0 saturated heterocycles. The maximum Gasteiger partial charge on any atom is 0.0925 e. The molecule has 0 aromatic carbocycles. The van der Waals surface area contributed by atoms with E-state index in [0.29, 0.717) is 6.61 Å². The van der Waals surface area contributed by atoms with Gasteiger partial charge in [-0.25, -0.2) is 0 Å². The summed E-state index contributed by atoms with van der Waals surface area (Å²) in [6.07, 6.45) is 4.37. The fourth-order valence-corrected chi connectivity index (χ4v) is 1.14. The molecule has 0 atom stereocenters. The van der Waals surface area contributed by atoms with Crippen LogP contribution in [0.4, 0.5) is 0 Å². The van der Waals surface area contributed by atoms with E-state index in [-0.39, 0.29) is 0 Å². The van der Waals surface area contributed by atoms with Gasteiger partial charge in [0.25, 0.3) is 0 Å². The molecule has 1 aliphatic rings. The highest BCUT2D eigenvalue weighted by Crippen LogP contribution is 2.16. The molecular weight excluding hydrogens is 220 g/mol. The number of nitrogens with one attached hydrogen (secondary N) is 1. The first-order valence-corrected chi connectivity index (χ1v) is 4.51. The van der Waals surface area contributed by atoms with Crippen LogP contribution in [0, 0.1) is 0 Å². The normalized spacial score (nSPS) is 16.4. The number of rotatable bonds is 4. The Morgan fingerprint density at radius 1 is 1.83 bits per heavy atom. The number of aliphatic imine (C=N–C) groups is 1. The summed E-state index contributed by atoms with van der Waals surface area (Å²) in [5.41, 5.74) is 3.68. The number of hydroxylamine groups is 1. The predicted molar refractivity (Wildman–Crippen MR) is 53.2 cm³/mol. The van der Waals surface area contributed by atoms with Gasteiger partial charge in [-0.3, -0.25) is 15.3 Å². The minimum absolute atomic E-state index is 0.484. The van der Waals surface area contributed by atoms with Crippen LogP contribution in [0.2, 0.25) is 0 Å². The Kier molecular flexibility index (Phi) is 4.04. The molecule has 0 aliphatic carbocycles. The average Bonchev–Trinajstić information content (AvgIpc) is 2.09. The third-order valence-electron chi connectivity index (χ3n) is 1.36. The summed E-state index contributed by atoms with van der Waals surface area (Å²) in [6.45, 7) is 4.86. The van der Waals surface area contributed by atoms with Crippen molar-refractivity contribution in [2.24, 2.45) is 4.99 Å². The minimum atomic E-state index is 0.484. The Morgan fingerprint density at radius 2 is 2.67 bits per heavy atom. The summed E-state index contributed by atoms with van der Waals surface area (Å²) in [4.78, 5) is 9.15. The molecule has 3 nitrogen and oxygen atoms in total. The van der Waals surface area contributed by atoms with Crippen molar-refractivity contribution >= 4 is 22.1 Å². The van der Waals surface area contributed by atoms with Gasteiger partial charge in [0.05, 0.1) is 12.3 Å². The van der Waals surface area contributed by atoms with Crippen molar-refractivity contribution in [3.63, 3.8) is 0 Å². The van der Waals surface area contributed by atoms with Gasteiger partial charge in [-0.1, -0.05) is 22.0 Å². The molecule has 0 aromatic heterocycles. The van der Waals surface area contributed by atoms with E-state index in [1.54, 1.807) is 12.3 Å². The molecule has 0 unspecified atom stereocenters. The largest absolute Gasteiger partial charge is 0.291 e. The predicted octanol–water partition coefficient (Wildman–Crippen LogP) is 1.77. The second-order valence-corrected chi connectivity index (χ2v) is 3.26. The Labute approximate surface area is 80.3 Å². The molecule has 0 amide bonds. The standard InChI is InChI=1S/C8H11BrN2O/c1-2-5-12-11-8-6-10-4-3-7(8)9/h2,6,11H,1,3-5H2. The molecule has 1 rings (SSSR count).